The number of rotatable bonds is 6. The molecule has 1 fully saturated rings. The summed E-state index contributed by atoms with van der Waals surface area (Å²) in [5.41, 5.74) is 2.46. The summed E-state index contributed by atoms with van der Waals surface area (Å²) in [6, 6.07) is 20.3. The van der Waals surface area contributed by atoms with Gasteiger partial charge in [-0.3, -0.25) is 9.78 Å². The van der Waals surface area contributed by atoms with Crippen LogP contribution in [0, 0.1) is 0 Å². The van der Waals surface area contributed by atoms with Gasteiger partial charge in [0.25, 0.3) is 5.91 Å². The van der Waals surface area contributed by atoms with Gasteiger partial charge in [0.05, 0.1) is 31.1 Å². The molecule has 4 aromatic rings. The number of amides is 1. The van der Waals surface area contributed by atoms with Gasteiger partial charge >= 0.3 is 0 Å². The number of carbonyl (C=O) groups is 1. The van der Waals surface area contributed by atoms with Crippen molar-refractivity contribution in [2.75, 3.05) is 13.1 Å². The molecule has 2 aromatic carbocycles. The lowest BCUT2D eigenvalue weighted by Gasteiger charge is -2.31. The number of pyridine rings is 1. The fraction of sp³-hybridized carbons (Fsp3) is 0.280. The molecule has 1 amide bonds. The highest BCUT2D eigenvalue weighted by Gasteiger charge is 2.26. The molecule has 0 saturated carbocycles. The number of aromatic nitrogens is 4. The predicted octanol–water partition coefficient (Wildman–Crippen LogP) is 3.70. The highest BCUT2D eigenvalue weighted by molar-refractivity contribution is 5.92. The lowest BCUT2D eigenvalue weighted by atomic mass is 10.0. The molecule has 162 valence electrons. The smallest absolute Gasteiger partial charge is 0.276 e. The zero-order chi connectivity index (χ0) is 21.8. The Morgan fingerprint density at radius 1 is 1.00 bits per heavy atom. The quantitative estimate of drug-likeness (QED) is 0.469. The van der Waals surface area contributed by atoms with E-state index >= 15 is 0 Å². The largest absolute Gasteiger partial charge is 0.372 e. The summed E-state index contributed by atoms with van der Waals surface area (Å²) in [5, 5.41) is 10.7. The van der Waals surface area contributed by atoms with Crippen molar-refractivity contribution in [2.45, 2.75) is 32.1 Å². The van der Waals surface area contributed by atoms with Crippen molar-refractivity contribution in [3.8, 4) is 0 Å². The molecule has 1 saturated heterocycles. The summed E-state index contributed by atoms with van der Waals surface area (Å²) < 4.78 is 7.71. The van der Waals surface area contributed by atoms with Crippen LogP contribution in [0.4, 0.5) is 0 Å². The summed E-state index contributed by atoms with van der Waals surface area (Å²) in [5.74, 6) is -0.0719. The van der Waals surface area contributed by atoms with E-state index in [1.165, 1.54) is 10.8 Å². The molecule has 0 N–H and O–H groups in total. The fourth-order valence-electron chi connectivity index (χ4n) is 4.15. The minimum Gasteiger partial charge on any atom is -0.372 e. The van der Waals surface area contributed by atoms with E-state index in [2.05, 4.69) is 39.6 Å². The normalized spacial score (nSPS) is 14.7. The Balaban J connectivity index is 1.17. The first-order chi connectivity index (χ1) is 15.8. The van der Waals surface area contributed by atoms with Crippen LogP contribution in [0.15, 0.2) is 73.1 Å². The van der Waals surface area contributed by atoms with Gasteiger partial charge < -0.3 is 9.64 Å². The fourth-order valence-corrected chi connectivity index (χ4v) is 4.15. The third kappa shape index (κ3) is 4.53. The number of hydrogen-bond donors (Lipinski definition) is 0. The van der Waals surface area contributed by atoms with Crippen LogP contribution in [0.3, 0.4) is 0 Å². The molecule has 0 radical (unpaired) electrons. The second-order valence-electron chi connectivity index (χ2n) is 8.06. The van der Waals surface area contributed by atoms with Crippen LogP contribution in [-0.4, -0.2) is 50.0 Å². The SMILES string of the molecule is O=C(c1cn(Cc2cccc3ccccc23)nn1)N1CCC(OCc2ccccn2)CC1. The standard InChI is InChI=1S/C25H25N5O2/c31-25(29-14-11-22(12-15-29)32-18-21-9-3-4-13-26-21)24-17-30(28-27-24)16-20-8-5-7-19-6-1-2-10-23(19)20/h1-10,13,17,22H,11-12,14-16,18H2. The molecule has 1 aliphatic rings. The molecule has 0 aliphatic carbocycles. The molecule has 0 atom stereocenters. The van der Waals surface area contributed by atoms with E-state index < -0.39 is 0 Å². The van der Waals surface area contributed by atoms with Gasteiger partial charge in [-0.2, -0.15) is 0 Å². The lowest BCUT2D eigenvalue weighted by Crippen LogP contribution is -2.41. The van der Waals surface area contributed by atoms with Crippen LogP contribution in [0.25, 0.3) is 10.8 Å². The molecule has 1 aliphatic heterocycles. The lowest BCUT2D eigenvalue weighted by molar-refractivity contribution is -0.00173. The first-order valence-corrected chi connectivity index (χ1v) is 10.9. The molecule has 7 heteroatoms. The number of benzene rings is 2. The van der Waals surface area contributed by atoms with Crippen molar-refractivity contribution in [3.05, 3.63) is 90.0 Å². The van der Waals surface area contributed by atoms with Crippen molar-refractivity contribution in [2.24, 2.45) is 0 Å². The first kappa shape index (κ1) is 20.3. The van der Waals surface area contributed by atoms with Crippen molar-refractivity contribution in [1.29, 1.82) is 0 Å². The number of likely N-dealkylation sites (tertiary alicyclic amines) is 1. The second kappa shape index (κ2) is 9.28. The molecule has 7 nitrogen and oxygen atoms in total. The maximum atomic E-state index is 12.9. The van der Waals surface area contributed by atoms with Crippen LogP contribution in [0.1, 0.15) is 34.6 Å². The maximum Gasteiger partial charge on any atom is 0.276 e. The van der Waals surface area contributed by atoms with E-state index in [1.54, 1.807) is 17.1 Å². The van der Waals surface area contributed by atoms with E-state index in [0.29, 0.717) is 31.9 Å². The summed E-state index contributed by atoms with van der Waals surface area (Å²) in [4.78, 5) is 19.1. The van der Waals surface area contributed by atoms with Gasteiger partial charge in [-0.15, -0.1) is 5.10 Å². The third-order valence-corrected chi connectivity index (χ3v) is 5.89. The maximum absolute atomic E-state index is 12.9. The first-order valence-electron chi connectivity index (χ1n) is 10.9. The minimum atomic E-state index is -0.0719. The molecule has 3 heterocycles. The van der Waals surface area contributed by atoms with Gasteiger partial charge in [-0.1, -0.05) is 53.7 Å². The van der Waals surface area contributed by atoms with E-state index in [0.717, 1.165) is 24.1 Å². The number of piperidine rings is 1. The summed E-state index contributed by atoms with van der Waals surface area (Å²) in [6.45, 7) is 2.39. The van der Waals surface area contributed by atoms with Crippen molar-refractivity contribution < 1.29 is 9.53 Å². The monoisotopic (exact) mass is 427 g/mol. The Hall–Kier alpha value is -3.58. The van der Waals surface area contributed by atoms with Crippen molar-refractivity contribution in [1.82, 2.24) is 24.9 Å². The zero-order valence-electron chi connectivity index (χ0n) is 17.8. The molecule has 32 heavy (non-hydrogen) atoms. The van der Waals surface area contributed by atoms with Gasteiger partial charge in [0, 0.05) is 19.3 Å². The molecule has 0 spiro atoms. The van der Waals surface area contributed by atoms with Crippen LogP contribution in [0.5, 0.6) is 0 Å². The molecule has 0 bridgehead atoms. The second-order valence-corrected chi connectivity index (χ2v) is 8.06. The average Bonchev–Trinajstić information content (AvgIpc) is 3.32. The van der Waals surface area contributed by atoms with Crippen LogP contribution >= 0.6 is 0 Å². The Morgan fingerprint density at radius 2 is 1.81 bits per heavy atom. The van der Waals surface area contributed by atoms with Gasteiger partial charge in [-0.05, 0) is 41.3 Å². The van der Waals surface area contributed by atoms with E-state index in [9.17, 15) is 4.79 Å². The molecule has 2 aromatic heterocycles. The van der Waals surface area contributed by atoms with Crippen molar-refractivity contribution in [3.63, 3.8) is 0 Å². The number of hydrogen-bond acceptors (Lipinski definition) is 5. The molecular weight excluding hydrogens is 402 g/mol. The Kier molecular flexibility index (Phi) is 5.89. The van der Waals surface area contributed by atoms with Crippen LogP contribution in [-0.2, 0) is 17.9 Å². The van der Waals surface area contributed by atoms with E-state index in [1.807, 2.05) is 41.3 Å². The van der Waals surface area contributed by atoms with Crippen molar-refractivity contribution >= 4 is 16.7 Å². The number of fused-ring (bicyclic) bond motifs is 1. The Morgan fingerprint density at radius 3 is 2.66 bits per heavy atom. The zero-order valence-corrected chi connectivity index (χ0v) is 17.8. The summed E-state index contributed by atoms with van der Waals surface area (Å²) in [6.07, 6.45) is 5.27. The van der Waals surface area contributed by atoms with E-state index in [-0.39, 0.29) is 12.0 Å². The van der Waals surface area contributed by atoms with E-state index in [4.69, 9.17) is 4.74 Å². The number of nitrogens with zero attached hydrogens (tertiary/aromatic N) is 5. The molecule has 5 rings (SSSR count). The van der Waals surface area contributed by atoms with Gasteiger partial charge in [0.15, 0.2) is 5.69 Å². The highest BCUT2D eigenvalue weighted by Crippen LogP contribution is 2.20. The summed E-state index contributed by atoms with van der Waals surface area (Å²) in [7, 11) is 0. The Labute approximate surface area is 186 Å². The Bertz CT molecular complexity index is 1190. The average molecular weight is 428 g/mol. The highest BCUT2D eigenvalue weighted by atomic mass is 16.5. The molecular formula is C25H25N5O2. The van der Waals surface area contributed by atoms with Crippen LogP contribution < -0.4 is 0 Å². The molecule has 0 unspecified atom stereocenters. The predicted molar refractivity (Wildman–Crippen MR) is 121 cm³/mol. The minimum absolute atomic E-state index is 0.0719. The van der Waals surface area contributed by atoms with Gasteiger partial charge in [0.2, 0.25) is 0 Å². The van der Waals surface area contributed by atoms with Crippen LogP contribution in [0.2, 0.25) is 0 Å². The third-order valence-electron chi connectivity index (χ3n) is 5.89. The topological polar surface area (TPSA) is 73.1 Å². The number of carbonyl (C=O) groups excluding carboxylic acids is 1. The van der Waals surface area contributed by atoms with Gasteiger partial charge in [0.1, 0.15) is 0 Å². The summed E-state index contributed by atoms with van der Waals surface area (Å²) >= 11 is 0. The number of ether oxygens (including phenoxy) is 1. The van der Waals surface area contributed by atoms with Gasteiger partial charge in [-0.25, -0.2) is 4.68 Å².